The number of rotatable bonds is 6. The molecular weight excluding hydrogens is 254 g/mol. The second-order valence-corrected chi connectivity index (χ2v) is 4.51. The van der Waals surface area contributed by atoms with Crippen molar-refractivity contribution in [1.29, 1.82) is 0 Å². The van der Waals surface area contributed by atoms with Crippen LogP contribution < -0.4 is 10.1 Å². The van der Waals surface area contributed by atoms with Crippen molar-refractivity contribution in [3.05, 3.63) is 47.8 Å². The van der Waals surface area contributed by atoms with Crippen LogP contribution in [-0.4, -0.2) is 29.3 Å². The van der Waals surface area contributed by atoms with Crippen molar-refractivity contribution in [2.45, 2.75) is 19.9 Å². The van der Waals surface area contributed by atoms with E-state index in [2.05, 4.69) is 10.4 Å². The highest BCUT2D eigenvalue weighted by atomic mass is 16.5. The van der Waals surface area contributed by atoms with Crippen LogP contribution in [-0.2, 0) is 6.54 Å². The number of benzene rings is 1. The van der Waals surface area contributed by atoms with Crippen LogP contribution in [0.3, 0.4) is 0 Å². The number of hydrogen-bond donors (Lipinski definition) is 1. The summed E-state index contributed by atoms with van der Waals surface area (Å²) in [6.45, 7) is 3.42. The summed E-state index contributed by atoms with van der Waals surface area (Å²) in [6.07, 6.45) is 2.62. The molecule has 1 amide bonds. The van der Waals surface area contributed by atoms with E-state index < -0.39 is 0 Å². The topological polar surface area (TPSA) is 56.1 Å². The molecule has 0 radical (unpaired) electrons. The van der Waals surface area contributed by atoms with Gasteiger partial charge in [0.05, 0.1) is 12.7 Å². The fraction of sp³-hybridized carbons (Fsp3) is 0.333. The molecule has 0 aliphatic rings. The molecule has 2 aromatic rings. The zero-order chi connectivity index (χ0) is 14.4. The summed E-state index contributed by atoms with van der Waals surface area (Å²) in [7, 11) is 1.56. The minimum absolute atomic E-state index is 0.111. The maximum absolute atomic E-state index is 12.0. The lowest BCUT2D eigenvalue weighted by atomic mass is 10.2. The van der Waals surface area contributed by atoms with E-state index in [0.717, 1.165) is 18.7 Å². The Balaban J connectivity index is 1.82. The van der Waals surface area contributed by atoms with Crippen molar-refractivity contribution in [1.82, 2.24) is 15.1 Å². The van der Waals surface area contributed by atoms with Crippen LogP contribution in [0.4, 0.5) is 0 Å². The molecule has 0 bridgehead atoms. The third-order valence-corrected chi connectivity index (χ3v) is 3.11. The summed E-state index contributed by atoms with van der Waals surface area (Å²) in [5.41, 5.74) is 1.69. The Hall–Kier alpha value is -2.30. The molecule has 0 aliphatic heterocycles. The van der Waals surface area contributed by atoms with Gasteiger partial charge in [0.1, 0.15) is 5.75 Å². The monoisotopic (exact) mass is 273 g/mol. The Kier molecular flexibility index (Phi) is 4.76. The SMILES string of the molecule is COc1ccccc1C(=O)NCCCn1nccc1C. The van der Waals surface area contributed by atoms with Gasteiger partial charge in [-0.3, -0.25) is 9.48 Å². The van der Waals surface area contributed by atoms with Crippen molar-refractivity contribution in [2.75, 3.05) is 13.7 Å². The molecular formula is C15H19N3O2. The van der Waals surface area contributed by atoms with Gasteiger partial charge in [0.25, 0.3) is 5.91 Å². The van der Waals surface area contributed by atoms with Crippen molar-refractivity contribution in [3.8, 4) is 5.75 Å². The van der Waals surface area contributed by atoms with Crippen LogP contribution in [0.15, 0.2) is 36.5 Å². The largest absolute Gasteiger partial charge is 0.496 e. The molecule has 0 saturated heterocycles. The van der Waals surface area contributed by atoms with Gasteiger partial charge in [0.15, 0.2) is 0 Å². The first-order chi connectivity index (χ1) is 9.72. The smallest absolute Gasteiger partial charge is 0.255 e. The van der Waals surface area contributed by atoms with Crippen LogP contribution in [0.25, 0.3) is 0 Å². The Bertz CT molecular complexity index is 578. The Morgan fingerprint density at radius 1 is 1.35 bits per heavy atom. The molecule has 1 heterocycles. The highest BCUT2D eigenvalue weighted by molar-refractivity contribution is 5.96. The fourth-order valence-corrected chi connectivity index (χ4v) is 1.99. The fourth-order valence-electron chi connectivity index (χ4n) is 1.99. The molecule has 0 atom stereocenters. The van der Waals surface area contributed by atoms with Crippen LogP contribution in [0, 0.1) is 6.92 Å². The third-order valence-electron chi connectivity index (χ3n) is 3.11. The van der Waals surface area contributed by atoms with Gasteiger partial charge >= 0.3 is 0 Å². The number of para-hydroxylation sites is 1. The predicted molar refractivity (Wildman–Crippen MR) is 76.9 cm³/mol. The molecule has 1 aromatic heterocycles. The number of ether oxygens (including phenoxy) is 1. The molecule has 2 rings (SSSR count). The van der Waals surface area contributed by atoms with Crippen molar-refractivity contribution >= 4 is 5.91 Å². The second-order valence-electron chi connectivity index (χ2n) is 4.51. The molecule has 0 spiro atoms. The van der Waals surface area contributed by atoms with Crippen LogP contribution in [0.5, 0.6) is 5.75 Å². The normalized spacial score (nSPS) is 10.3. The minimum Gasteiger partial charge on any atom is -0.496 e. The molecule has 1 aromatic carbocycles. The number of nitrogens with zero attached hydrogens (tertiary/aromatic N) is 2. The van der Waals surface area contributed by atoms with E-state index in [-0.39, 0.29) is 5.91 Å². The Labute approximate surface area is 118 Å². The number of aromatic nitrogens is 2. The Morgan fingerprint density at radius 3 is 2.85 bits per heavy atom. The lowest BCUT2D eigenvalue weighted by molar-refractivity contribution is 0.0949. The zero-order valence-electron chi connectivity index (χ0n) is 11.8. The first-order valence-electron chi connectivity index (χ1n) is 6.62. The minimum atomic E-state index is -0.111. The van der Waals surface area contributed by atoms with Crippen molar-refractivity contribution in [3.63, 3.8) is 0 Å². The predicted octanol–water partition coefficient (Wildman–Crippen LogP) is 2.02. The first kappa shape index (κ1) is 14.1. The number of carbonyl (C=O) groups is 1. The van der Waals surface area contributed by atoms with Gasteiger partial charge in [0, 0.05) is 25.0 Å². The summed E-state index contributed by atoms with van der Waals surface area (Å²) in [5.74, 6) is 0.479. The van der Waals surface area contributed by atoms with Gasteiger partial charge in [-0.05, 0) is 31.5 Å². The molecule has 0 fully saturated rings. The maximum atomic E-state index is 12.0. The van der Waals surface area contributed by atoms with E-state index in [1.165, 1.54) is 0 Å². The van der Waals surface area contributed by atoms with E-state index in [0.29, 0.717) is 17.9 Å². The van der Waals surface area contributed by atoms with Crippen LogP contribution >= 0.6 is 0 Å². The number of amides is 1. The van der Waals surface area contributed by atoms with E-state index in [4.69, 9.17) is 4.74 Å². The number of carbonyl (C=O) groups excluding carboxylic acids is 1. The highest BCUT2D eigenvalue weighted by Crippen LogP contribution is 2.16. The van der Waals surface area contributed by atoms with E-state index in [1.807, 2.05) is 29.8 Å². The van der Waals surface area contributed by atoms with E-state index in [1.54, 1.807) is 25.4 Å². The molecule has 20 heavy (non-hydrogen) atoms. The van der Waals surface area contributed by atoms with Gasteiger partial charge in [-0.2, -0.15) is 5.10 Å². The van der Waals surface area contributed by atoms with Crippen LogP contribution in [0.1, 0.15) is 22.5 Å². The summed E-state index contributed by atoms with van der Waals surface area (Å²) in [4.78, 5) is 12.0. The van der Waals surface area contributed by atoms with E-state index >= 15 is 0 Å². The average molecular weight is 273 g/mol. The van der Waals surface area contributed by atoms with Gasteiger partial charge in [0.2, 0.25) is 0 Å². The lowest BCUT2D eigenvalue weighted by Crippen LogP contribution is -2.25. The van der Waals surface area contributed by atoms with E-state index in [9.17, 15) is 4.79 Å². The number of hydrogen-bond acceptors (Lipinski definition) is 3. The summed E-state index contributed by atoms with van der Waals surface area (Å²) < 4.78 is 7.10. The lowest BCUT2D eigenvalue weighted by Gasteiger charge is -2.09. The summed E-state index contributed by atoms with van der Waals surface area (Å²) in [6, 6.07) is 9.17. The van der Waals surface area contributed by atoms with Crippen LogP contribution in [0.2, 0.25) is 0 Å². The molecule has 1 N–H and O–H groups in total. The van der Waals surface area contributed by atoms with Crippen molar-refractivity contribution in [2.24, 2.45) is 0 Å². The highest BCUT2D eigenvalue weighted by Gasteiger charge is 2.10. The maximum Gasteiger partial charge on any atom is 0.255 e. The van der Waals surface area contributed by atoms with Gasteiger partial charge in [-0.15, -0.1) is 0 Å². The average Bonchev–Trinajstić information content (AvgIpc) is 2.88. The van der Waals surface area contributed by atoms with Crippen molar-refractivity contribution < 1.29 is 9.53 Å². The third kappa shape index (κ3) is 3.38. The summed E-state index contributed by atoms with van der Waals surface area (Å²) in [5, 5.41) is 7.10. The summed E-state index contributed by atoms with van der Waals surface area (Å²) >= 11 is 0. The molecule has 106 valence electrons. The van der Waals surface area contributed by atoms with Gasteiger partial charge in [-0.1, -0.05) is 12.1 Å². The number of methoxy groups -OCH3 is 1. The number of nitrogens with one attached hydrogen (secondary N) is 1. The number of aryl methyl sites for hydroxylation is 2. The quantitative estimate of drug-likeness (QED) is 0.819. The molecule has 5 nitrogen and oxygen atoms in total. The molecule has 0 aliphatic carbocycles. The van der Waals surface area contributed by atoms with Gasteiger partial charge < -0.3 is 10.1 Å². The van der Waals surface area contributed by atoms with Gasteiger partial charge in [-0.25, -0.2) is 0 Å². The second kappa shape index (κ2) is 6.75. The molecule has 0 unspecified atom stereocenters. The first-order valence-corrected chi connectivity index (χ1v) is 6.62. The zero-order valence-corrected chi connectivity index (χ0v) is 11.8. The standard InChI is InChI=1S/C15H19N3O2/c1-12-8-10-17-18(12)11-5-9-16-15(19)13-6-3-4-7-14(13)20-2/h3-4,6-8,10H,5,9,11H2,1-2H3,(H,16,19). The molecule has 0 saturated carbocycles. The molecule has 5 heteroatoms. The Morgan fingerprint density at radius 2 is 2.15 bits per heavy atom.